The van der Waals surface area contributed by atoms with Gasteiger partial charge in [0.05, 0.1) is 16.5 Å². The summed E-state index contributed by atoms with van der Waals surface area (Å²) in [5.41, 5.74) is 1.54. The Morgan fingerprint density at radius 1 is 1.29 bits per heavy atom. The molecule has 2 heterocycles. The fraction of sp³-hybridized carbons (Fsp3) is 0.476. The van der Waals surface area contributed by atoms with Gasteiger partial charge in [0, 0.05) is 22.4 Å². The van der Waals surface area contributed by atoms with Crippen LogP contribution in [0.5, 0.6) is 0 Å². The smallest absolute Gasteiger partial charge is 0.205 e. The van der Waals surface area contributed by atoms with Crippen LogP contribution in [0.15, 0.2) is 29.4 Å². The molecule has 0 aliphatic heterocycles. The van der Waals surface area contributed by atoms with Gasteiger partial charge in [-0.05, 0) is 39.0 Å². The van der Waals surface area contributed by atoms with Crippen LogP contribution in [0.1, 0.15) is 27.7 Å². The number of fused-ring (bicyclic) bond motifs is 1. The zero-order valence-corrected chi connectivity index (χ0v) is 22.4. The second-order valence-electron chi connectivity index (χ2n) is 8.19. The third-order valence-electron chi connectivity index (χ3n) is 5.48. The highest BCUT2D eigenvalue weighted by molar-refractivity contribution is 7.98. The Morgan fingerprint density at radius 2 is 2.00 bits per heavy atom. The second-order valence-corrected chi connectivity index (χ2v) is 10.2. The molecule has 2 atom stereocenters. The average Bonchev–Trinajstić information content (AvgIpc) is 3.09. The lowest BCUT2D eigenvalue weighted by atomic mass is 9.95. The number of hydrogen-bond acceptors (Lipinski definition) is 7. The molecule has 7 nitrogen and oxygen atoms in total. The van der Waals surface area contributed by atoms with Crippen molar-refractivity contribution in [1.29, 1.82) is 0 Å². The Labute approximate surface area is 195 Å². The highest BCUT2D eigenvalue weighted by atomic mass is 35.5. The lowest BCUT2D eigenvalue weighted by molar-refractivity contribution is -0.0685. The maximum Gasteiger partial charge on any atom is 0.205 e. The molecule has 168 valence electrons. The zero-order chi connectivity index (χ0) is 22.8. The van der Waals surface area contributed by atoms with E-state index in [9.17, 15) is 5.11 Å². The van der Waals surface area contributed by atoms with E-state index in [1.54, 1.807) is 6.92 Å². The topological polar surface area (TPSA) is 85.1 Å². The Kier molecular flexibility index (Phi) is 7.51. The second kappa shape index (κ2) is 9.77. The lowest BCUT2D eigenvalue weighted by Crippen LogP contribution is -2.41. The predicted molar refractivity (Wildman–Crippen MR) is 132 cm³/mol. The lowest BCUT2D eigenvalue weighted by Gasteiger charge is -2.30. The van der Waals surface area contributed by atoms with E-state index >= 15 is 0 Å². The molecule has 0 saturated heterocycles. The van der Waals surface area contributed by atoms with Crippen molar-refractivity contribution in [1.82, 2.24) is 19.9 Å². The van der Waals surface area contributed by atoms with Crippen LogP contribution in [0.4, 0.5) is 5.82 Å². The minimum Gasteiger partial charge on any atom is -0.392 e. The van der Waals surface area contributed by atoms with Gasteiger partial charge in [-0.1, -0.05) is 59.4 Å². The average molecular weight is 480 g/mol. The molecular formula is C21H30ClN5O2SSi. The van der Waals surface area contributed by atoms with Crippen LogP contribution in [0.25, 0.3) is 22.3 Å². The Bertz CT molecular complexity index is 1060. The Hall–Kier alpha value is -1.81. The number of rotatable bonds is 9. The van der Waals surface area contributed by atoms with Gasteiger partial charge in [-0.15, -0.1) is 5.10 Å². The van der Waals surface area contributed by atoms with Crippen molar-refractivity contribution < 1.29 is 9.94 Å². The minimum atomic E-state index is -0.536. The molecule has 10 heteroatoms. The minimum absolute atomic E-state index is 0.344. The monoisotopic (exact) mass is 479 g/mol. The van der Waals surface area contributed by atoms with Crippen molar-refractivity contribution in [2.75, 3.05) is 18.1 Å². The normalized spacial score (nSPS) is 14.0. The quantitative estimate of drug-likeness (QED) is 0.276. The summed E-state index contributed by atoms with van der Waals surface area (Å²) in [7, 11) is 1.10. The molecule has 2 unspecified atom stereocenters. The number of nitrogens with zero attached hydrogens (tertiary/aromatic N) is 4. The molecule has 0 amide bonds. The first-order chi connectivity index (χ1) is 14.7. The summed E-state index contributed by atoms with van der Waals surface area (Å²) in [5.74, 6) is 0.950. The predicted octanol–water partition coefficient (Wildman–Crippen LogP) is 3.29. The number of aliphatic hydroxyl groups is 1. The first kappa shape index (κ1) is 23.8. The molecule has 3 aromatic rings. The number of hydrogen-bond donors (Lipinski definition) is 2. The van der Waals surface area contributed by atoms with Crippen molar-refractivity contribution >= 4 is 50.5 Å². The van der Waals surface area contributed by atoms with Crippen LogP contribution >= 0.6 is 23.4 Å². The van der Waals surface area contributed by atoms with E-state index < -0.39 is 11.7 Å². The number of anilines is 1. The zero-order valence-electron chi connectivity index (χ0n) is 18.8. The Morgan fingerprint density at radius 3 is 2.61 bits per heavy atom. The molecule has 0 bridgehead atoms. The highest BCUT2D eigenvalue weighted by Crippen LogP contribution is 2.36. The first-order valence-electron chi connectivity index (χ1n) is 10.4. The van der Waals surface area contributed by atoms with E-state index in [0.717, 1.165) is 21.9 Å². The van der Waals surface area contributed by atoms with Crippen molar-refractivity contribution in [3.8, 4) is 11.3 Å². The fourth-order valence-electron chi connectivity index (χ4n) is 3.15. The van der Waals surface area contributed by atoms with E-state index in [4.69, 9.17) is 26.5 Å². The summed E-state index contributed by atoms with van der Waals surface area (Å²) in [5, 5.41) is 19.7. The summed E-state index contributed by atoms with van der Waals surface area (Å²) >= 11 is 7.96. The van der Waals surface area contributed by atoms with Gasteiger partial charge in [-0.25, -0.2) is 4.98 Å². The van der Waals surface area contributed by atoms with Crippen molar-refractivity contribution in [2.45, 2.75) is 50.6 Å². The number of halogens is 1. The molecule has 0 spiro atoms. The van der Waals surface area contributed by atoms with Crippen LogP contribution in [0, 0.1) is 5.92 Å². The maximum atomic E-state index is 9.81. The van der Waals surface area contributed by atoms with Gasteiger partial charge >= 0.3 is 0 Å². The van der Waals surface area contributed by atoms with Gasteiger partial charge in [0.15, 0.2) is 5.16 Å². The van der Waals surface area contributed by atoms with E-state index in [1.165, 1.54) is 16.6 Å². The molecule has 0 radical (unpaired) electrons. The van der Waals surface area contributed by atoms with Crippen LogP contribution in [0.2, 0.25) is 11.1 Å². The number of aromatic nitrogens is 4. The number of thioether (sulfide) groups is 1. The molecule has 2 N–H and O–H groups in total. The number of nitrogens with one attached hydrogen (secondary N) is 1. The van der Waals surface area contributed by atoms with E-state index in [2.05, 4.69) is 31.1 Å². The van der Waals surface area contributed by atoms with Crippen molar-refractivity contribution in [3.05, 3.63) is 29.3 Å². The summed E-state index contributed by atoms with van der Waals surface area (Å²) in [4.78, 5) is 17.3. The molecule has 31 heavy (non-hydrogen) atoms. The SMILES string of the molecule is CSc1nc(NCC(C)O)c2c(-c3ccccc3Cl)nn(OC(C)(C)C(C)C[SiH3])c2n1. The highest BCUT2D eigenvalue weighted by Gasteiger charge is 2.30. The van der Waals surface area contributed by atoms with Gasteiger partial charge in [0.25, 0.3) is 0 Å². The first-order valence-corrected chi connectivity index (χ1v) is 13.4. The molecule has 0 fully saturated rings. The van der Waals surface area contributed by atoms with E-state index in [1.807, 2.05) is 30.5 Å². The molecule has 1 aromatic carbocycles. The summed E-state index contributed by atoms with van der Waals surface area (Å²) < 4.78 is 0. The molecule has 0 saturated carbocycles. The summed E-state index contributed by atoms with van der Waals surface area (Å²) in [6, 6.07) is 8.65. The van der Waals surface area contributed by atoms with Gasteiger partial charge in [0.1, 0.15) is 17.1 Å². The van der Waals surface area contributed by atoms with Gasteiger partial charge in [0.2, 0.25) is 5.65 Å². The van der Waals surface area contributed by atoms with E-state index in [-0.39, 0.29) is 0 Å². The molecule has 3 rings (SSSR count). The van der Waals surface area contributed by atoms with Crippen LogP contribution in [0.3, 0.4) is 0 Å². The third kappa shape index (κ3) is 5.16. The van der Waals surface area contributed by atoms with Crippen LogP contribution in [-0.4, -0.2) is 59.8 Å². The number of aliphatic hydroxyl groups excluding tert-OH is 1. The Balaban J connectivity index is 2.27. The molecular weight excluding hydrogens is 450 g/mol. The van der Waals surface area contributed by atoms with E-state index in [0.29, 0.717) is 45.2 Å². The fourth-order valence-corrected chi connectivity index (χ4v) is 4.72. The van der Waals surface area contributed by atoms with Crippen molar-refractivity contribution in [2.24, 2.45) is 5.92 Å². The third-order valence-corrected chi connectivity index (χ3v) is 7.58. The van der Waals surface area contributed by atoms with Crippen molar-refractivity contribution in [3.63, 3.8) is 0 Å². The molecule has 0 aliphatic rings. The van der Waals surface area contributed by atoms with Gasteiger partial charge in [-0.3, -0.25) is 0 Å². The van der Waals surface area contributed by atoms with Gasteiger partial charge in [-0.2, -0.15) is 4.98 Å². The number of benzene rings is 1. The maximum absolute atomic E-state index is 9.81. The van der Waals surface area contributed by atoms with Crippen LogP contribution in [-0.2, 0) is 0 Å². The standard InChI is InChI=1S/C21H30ClN5O2SSi/c1-12(11-31)21(3,4)29-27-19-16(17(26-27)14-8-6-7-9-15(14)22)18(23-10-13(2)28)24-20(25-19)30-5/h6-9,12-13,28H,10-11H2,1-5,31H3,(H,23,24,25). The summed E-state index contributed by atoms with van der Waals surface area (Å²) in [6.07, 6.45) is 1.38. The van der Waals surface area contributed by atoms with Crippen LogP contribution < -0.4 is 10.2 Å². The summed E-state index contributed by atoms with van der Waals surface area (Å²) in [6.45, 7) is 8.39. The molecule has 2 aromatic heterocycles. The van der Waals surface area contributed by atoms with Gasteiger partial charge < -0.3 is 15.3 Å². The molecule has 0 aliphatic carbocycles. The largest absolute Gasteiger partial charge is 0.392 e.